The topological polar surface area (TPSA) is 70.6 Å². The summed E-state index contributed by atoms with van der Waals surface area (Å²) in [5, 5.41) is 15.6. The van der Waals surface area contributed by atoms with Crippen LogP contribution in [0.25, 0.3) is 0 Å². The number of hydrogen-bond donors (Lipinski definition) is 3. The fourth-order valence-electron chi connectivity index (χ4n) is 2.92. The van der Waals surface area contributed by atoms with E-state index in [0.29, 0.717) is 18.7 Å². The number of carbonyl (C=O) groups excluding carboxylic acids is 1. The maximum atomic E-state index is 13.3. The van der Waals surface area contributed by atoms with Crippen LogP contribution in [-0.2, 0) is 6.42 Å². The molecule has 6 heteroatoms. The second-order valence-corrected chi connectivity index (χ2v) is 5.62. The van der Waals surface area contributed by atoms with Crippen molar-refractivity contribution in [3.05, 3.63) is 59.4 Å². The lowest BCUT2D eigenvalue weighted by atomic mass is 10.1. The second-order valence-electron chi connectivity index (χ2n) is 5.62. The maximum Gasteiger partial charge on any atom is 0.319 e. The number of hydrogen-bond acceptors (Lipinski definition) is 3. The SMILES string of the molecule is CCOc1cc(F)ccc1NC(=O)N[C@@H]1c2ccccc2C[C@@H]1O. The first kappa shape index (κ1) is 16.3. The highest BCUT2D eigenvalue weighted by Crippen LogP contribution is 2.31. The van der Waals surface area contributed by atoms with E-state index < -0.39 is 24.0 Å². The fourth-order valence-corrected chi connectivity index (χ4v) is 2.92. The number of aliphatic hydroxyl groups is 1. The van der Waals surface area contributed by atoms with E-state index in [-0.39, 0.29) is 5.75 Å². The van der Waals surface area contributed by atoms with Crippen LogP contribution in [0.5, 0.6) is 5.75 Å². The molecule has 0 heterocycles. The molecule has 0 fully saturated rings. The summed E-state index contributed by atoms with van der Waals surface area (Å²) in [4.78, 5) is 12.3. The Bertz CT molecular complexity index is 751. The minimum Gasteiger partial charge on any atom is -0.492 e. The van der Waals surface area contributed by atoms with Crippen molar-refractivity contribution in [3.8, 4) is 5.75 Å². The largest absolute Gasteiger partial charge is 0.492 e. The van der Waals surface area contributed by atoms with E-state index in [1.807, 2.05) is 24.3 Å². The van der Waals surface area contributed by atoms with Gasteiger partial charge in [0, 0.05) is 12.5 Å². The Kier molecular flexibility index (Phi) is 4.66. The van der Waals surface area contributed by atoms with Crippen molar-refractivity contribution in [2.24, 2.45) is 0 Å². The van der Waals surface area contributed by atoms with E-state index >= 15 is 0 Å². The zero-order valence-electron chi connectivity index (χ0n) is 13.3. The number of urea groups is 1. The van der Waals surface area contributed by atoms with E-state index in [2.05, 4.69) is 10.6 Å². The number of rotatable bonds is 4. The number of benzene rings is 2. The summed E-state index contributed by atoms with van der Waals surface area (Å²) in [6.07, 6.45) is -0.172. The molecule has 2 atom stereocenters. The van der Waals surface area contributed by atoms with E-state index in [4.69, 9.17) is 4.74 Å². The van der Waals surface area contributed by atoms with Gasteiger partial charge in [-0.3, -0.25) is 0 Å². The smallest absolute Gasteiger partial charge is 0.319 e. The highest BCUT2D eigenvalue weighted by atomic mass is 19.1. The second kappa shape index (κ2) is 6.88. The van der Waals surface area contributed by atoms with E-state index in [1.165, 1.54) is 18.2 Å². The molecule has 0 bridgehead atoms. The van der Waals surface area contributed by atoms with Crippen LogP contribution in [0.4, 0.5) is 14.9 Å². The van der Waals surface area contributed by atoms with Crippen LogP contribution in [0, 0.1) is 5.82 Å². The van der Waals surface area contributed by atoms with Crippen molar-refractivity contribution >= 4 is 11.7 Å². The average molecular weight is 330 g/mol. The summed E-state index contributed by atoms with van der Waals surface area (Å²) in [6, 6.07) is 10.6. The van der Waals surface area contributed by atoms with Crippen molar-refractivity contribution in [2.75, 3.05) is 11.9 Å². The molecule has 126 valence electrons. The lowest BCUT2D eigenvalue weighted by Crippen LogP contribution is -2.36. The van der Waals surface area contributed by atoms with Gasteiger partial charge in [0.05, 0.1) is 24.4 Å². The van der Waals surface area contributed by atoms with E-state index in [1.54, 1.807) is 6.92 Å². The predicted octanol–water partition coefficient (Wildman–Crippen LogP) is 3.00. The van der Waals surface area contributed by atoms with Crippen LogP contribution in [0.3, 0.4) is 0 Å². The molecule has 0 spiro atoms. The molecule has 0 radical (unpaired) electrons. The van der Waals surface area contributed by atoms with Gasteiger partial charge in [0.2, 0.25) is 0 Å². The summed E-state index contributed by atoms with van der Waals surface area (Å²) in [5.74, 6) is -0.176. The van der Waals surface area contributed by atoms with Gasteiger partial charge in [0.15, 0.2) is 0 Å². The van der Waals surface area contributed by atoms with Gasteiger partial charge >= 0.3 is 6.03 Å². The lowest BCUT2D eigenvalue weighted by molar-refractivity contribution is 0.144. The number of ether oxygens (including phenoxy) is 1. The summed E-state index contributed by atoms with van der Waals surface area (Å²) in [6.45, 7) is 2.13. The fraction of sp³-hybridized carbons (Fsp3) is 0.278. The van der Waals surface area contributed by atoms with Crippen molar-refractivity contribution in [1.82, 2.24) is 5.32 Å². The Morgan fingerprint density at radius 2 is 2.12 bits per heavy atom. The van der Waals surface area contributed by atoms with Crippen molar-refractivity contribution in [3.63, 3.8) is 0 Å². The van der Waals surface area contributed by atoms with Gasteiger partial charge in [0.25, 0.3) is 0 Å². The van der Waals surface area contributed by atoms with E-state index in [9.17, 15) is 14.3 Å². The normalized spacial score (nSPS) is 18.8. The van der Waals surface area contributed by atoms with Gasteiger partial charge < -0.3 is 20.5 Å². The summed E-state index contributed by atoms with van der Waals surface area (Å²) < 4.78 is 18.6. The Hall–Kier alpha value is -2.60. The van der Waals surface area contributed by atoms with Crippen molar-refractivity contribution in [1.29, 1.82) is 0 Å². The third-order valence-corrected chi connectivity index (χ3v) is 3.98. The van der Waals surface area contributed by atoms with Crippen LogP contribution in [-0.4, -0.2) is 23.8 Å². The molecule has 2 aromatic rings. The van der Waals surface area contributed by atoms with Gasteiger partial charge in [-0.25, -0.2) is 9.18 Å². The van der Waals surface area contributed by atoms with E-state index in [0.717, 1.165) is 11.1 Å². The summed E-state index contributed by atoms with van der Waals surface area (Å²) in [5.41, 5.74) is 2.30. The number of aliphatic hydroxyl groups excluding tert-OH is 1. The zero-order chi connectivity index (χ0) is 17.1. The average Bonchev–Trinajstić information content (AvgIpc) is 2.86. The maximum absolute atomic E-state index is 13.3. The molecule has 3 N–H and O–H groups in total. The zero-order valence-corrected chi connectivity index (χ0v) is 13.3. The first-order valence-corrected chi connectivity index (χ1v) is 7.84. The quantitative estimate of drug-likeness (QED) is 0.807. The molecule has 0 aliphatic heterocycles. The number of carbonyl (C=O) groups is 1. The van der Waals surface area contributed by atoms with Crippen molar-refractivity contribution in [2.45, 2.75) is 25.5 Å². The third kappa shape index (κ3) is 3.33. The standard InChI is InChI=1S/C18H19FN2O3/c1-2-24-16-10-12(19)7-8-14(16)20-18(23)21-17-13-6-4-3-5-11(13)9-15(17)22/h3-8,10,15,17,22H,2,9H2,1H3,(H2,20,21,23)/t15-,17+/m0/s1. The Morgan fingerprint density at radius 3 is 2.92 bits per heavy atom. The predicted molar refractivity (Wildman–Crippen MR) is 88.6 cm³/mol. The lowest BCUT2D eigenvalue weighted by Gasteiger charge is -2.19. The minimum absolute atomic E-state index is 0.264. The highest BCUT2D eigenvalue weighted by molar-refractivity contribution is 5.91. The molecular weight excluding hydrogens is 311 g/mol. The molecule has 1 aliphatic carbocycles. The van der Waals surface area contributed by atoms with Crippen LogP contribution in [0.15, 0.2) is 42.5 Å². The number of amides is 2. The van der Waals surface area contributed by atoms with Crippen molar-refractivity contribution < 1.29 is 19.0 Å². The first-order valence-electron chi connectivity index (χ1n) is 7.84. The van der Waals surface area contributed by atoms with Gasteiger partial charge in [0.1, 0.15) is 11.6 Å². The summed E-state index contributed by atoms with van der Waals surface area (Å²) >= 11 is 0. The monoisotopic (exact) mass is 330 g/mol. The van der Waals surface area contributed by atoms with Crippen LogP contribution >= 0.6 is 0 Å². The Labute approximate surface area is 139 Å². The van der Waals surface area contributed by atoms with Crippen LogP contribution < -0.4 is 15.4 Å². The number of halogens is 1. The Balaban J connectivity index is 1.73. The number of anilines is 1. The highest BCUT2D eigenvalue weighted by Gasteiger charge is 2.31. The van der Waals surface area contributed by atoms with Crippen LogP contribution in [0.2, 0.25) is 0 Å². The molecule has 2 aromatic carbocycles. The van der Waals surface area contributed by atoms with Gasteiger partial charge in [-0.2, -0.15) is 0 Å². The summed E-state index contributed by atoms with van der Waals surface area (Å²) in [7, 11) is 0. The third-order valence-electron chi connectivity index (χ3n) is 3.98. The van der Waals surface area contributed by atoms with Gasteiger partial charge in [-0.05, 0) is 30.2 Å². The van der Waals surface area contributed by atoms with Gasteiger partial charge in [-0.15, -0.1) is 0 Å². The molecule has 5 nitrogen and oxygen atoms in total. The molecular formula is C18H19FN2O3. The Morgan fingerprint density at radius 1 is 1.33 bits per heavy atom. The molecule has 3 rings (SSSR count). The molecule has 0 saturated heterocycles. The number of fused-ring (bicyclic) bond motifs is 1. The molecule has 2 amide bonds. The molecule has 0 saturated carbocycles. The molecule has 1 aliphatic rings. The molecule has 0 unspecified atom stereocenters. The van der Waals surface area contributed by atoms with Gasteiger partial charge in [-0.1, -0.05) is 24.3 Å². The molecule has 0 aromatic heterocycles. The van der Waals surface area contributed by atoms with Crippen LogP contribution in [0.1, 0.15) is 24.1 Å². The minimum atomic E-state index is -0.673. The number of nitrogens with one attached hydrogen (secondary N) is 2. The first-order chi connectivity index (χ1) is 11.6. The molecule has 24 heavy (non-hydrogen) atoms.